The lowest BCUT2D eigenvalue weighted by Gasteiger charge is -2.43. The van der Waals surface area contributed by atoms with E-state index in [0.29, 0.717) is 59.7 Å². The Morgan fingerprint density at radius 3 is 2.67 bits per heavy atom. The van der Waals surface area contributed by atoms with E-state index in [0.717, 1.165) is 11.1 Å². The molecular formula is C20H16Cl2N2O3. The molecule has 0 N–H and O–H groups in total. The van der Waals surface area contributed by atoms with Crippen LogP contribution in [0.15, 0.2) is 40.8 Å². The van der Waals surface area contributed by atoms with E-state index in [4.69, 9.17) is 32.4 Å². The molecule has 1 fully saturated rings. The molecule has 5 rings (SSSR count). The molecule has 5 nitrogen and oxygen atoms in total. The van der Waals surface area contributed by atoms with Gasteiger partial charge in [0.15, 0.2) is 11.4 Å². The summed E-state index contributed by atoms with van der Waals surface area (Å²) in [5, 5.41) is 0.823. The van der Waals surface area contributed by atoms with Crippen LogP contribution >= 0.6 is 23.2 Å². The van der Waals surface area contributed by atoms with Crippen LogP contribution in [0.2, 0.25) is 10.0 Å². The molecule has 3 heterocycles. The topological polar surface area (TPSA) is 55.6 Å². The van der Waals surface area contributed by atoms with Crippen LogP contribution < -0.4 is 9.64 Å². The quantitative estimate of drug-likeness (QED) is 0.563. The molecule has 0 unspecified atom stereocenters. The number of benzene rings is 2. The lowest BCUT2D eigenvalue weighted by Crippen LogP contribution is -2.51. The van der Waals surface area contributed by atoms with Gasteiger partial charge in [0.05, 0.1) is 17.0 Å². The van der Waals surface area contributed by atoms with Crippen molar-refractivity contribution < 1.29 is 13.9 Å². The highest BCUT2D eigenvalue weighted by atomic mass is 35.5. The van der Waals surface area contributed by atoms with E-state index in [1.165, 1.54) is 0 Å². The Bertz CT molecular complexity index is 1020. The Morgan fingerprint density at radius 1 is 1.11 bits per heavy atom. The maximum Gasteiger partial charge on any atom is 0.298 e. The number of anilines is 1. The number of hydrogen-bond donors (Lipinski definition) is 0. The number of carbonyl (C=O) groups is 1. The second kappa shape index (κ2) is 6.14. The van der Waals surface area contributed by atoms with Gasteiger partial charge in [0.2, 0.25) is 0 Å². The van der Waals surface area contributed by atoms with E-state index < -0.39 is 5.60 Å². The molecule has 0 bridgehead atoms. The summed E-state index contributed by atoms with van der Waals surface area (Å²) in [7, 11) is 0. The summed E-state index contributed by atoms with van der Waals surface area (Å²) in [4.78, 5) is 19.3. The normalized spacial score (nSPS) is 18.6. The predicted octanol–water partition coefficient (Wildman–Crippen LogP) is 5.14. The largest absolute Gasteiger partial charge is 0.484 e. The zero-order chi connectivity index (χ0) is 18.6. The van der Waals surface area contributed by atoms with Crippen molar-refractivity contribution in [1.29, 1.82) is 0 Å². The molecule has 1 saturated heterocycles. The molecule has 0 saturated carbocycles. The predicted molar refractivity (Wildman–Crippen MR) is 104 cm³/mol. The van der Waals surface area contributed by atoms with E-state index in [2.05, 4.69) is 9.88 Å². The van der Waals surface area contributed by atoms with Gasteiger partial charge in [0, 0.05) is 31.0 Å². The monoisotopic (exact) mass is 402 g/mol. The molecule has 0 aliphatic carbocycles. The maximum absolute atomic E-state index is 12.7. The van der Waals surface area contributed by atoms with Gasteiger partial charge in [0.25, 0.3) is 6.01 Å². The summed E-state index contributed by atoms with van der Waals surface area (Å²) in [5.41, 5.74) is 1.55. The first-order valence-electron chi connectivity index (χ1n) is 8.85. The number of fused-ring (bicyclic) bond motifs is 2. The summed E-state index contributed by atoms with van der Waals surface area (Å²) in [6.45, 7) is 1.39. The van der Waals surface area contributed by atoms with Crippen LogP contribution in [-0.4, -0.2) is 29.5 Å². The van der Waals surface area contributed by atoms with Crippen molar-refractivity contribution in [3.63, 3.8) is 0 Å². The van der Waals surface area contributed by atoms with Gasteiger partial charge in [-0.3, -0.25) is 4.79 Å². The fraction of sp³-hybridized carbons (Fsp3) is 0.300. The van der Waals surface area contributed by atoms with Crippen LogP contribution in [0.4, 0.5) is 6.01 Å². The molecule has 27 heavy (non-hydrogen) atoms. The lowest BCUT2D eigenvalue weighted by atomic mass is 9.82. The highest BCUT2D eigenvalue weighted by Crippen LogP contribution is 2.44. The van der Waals surface area contributed by atoms with Crippen molar-refractivity contribution in [1.82, 2.24) is 4.98 Å². The third-order valence-corrected chi connectivity index (χ3v) is 5.84. The average Bonchev–Trinajstić information content (AvgIpc) is 3.08. The Balaban J connectivity index is 1.39. The number of ether oxygens (including phenoxy) is 1. The molecule has 7 heteroatoms. The average molecular weight is 403 g/mol. The number of oxazole rings is 1. The van der Waals surface area contributed by atoms with Gasteiger partial charge < -0.3 is 14.1 Å². The number of Topliss-reactive ketones (excluding diaryl/α,β-unsaturated/α-hetero) is 1. The van der Waals surface area contributed by atoms with Gasteiger partial charge in [-0.25, -0.2) is 0 Å². The molecule has 138 valence electrons. The Labute approximate surface area is 165 Å². The van der Waals surface area contributed by atoms with E-state index in [1.807, 2.05) is 24.3 Å². The summed E-state index contributed by atoms with van der Waals surface area (Å²) < 4.78 is 12.1. The van der Waals surface area contributed by atoms with Crippen LogP contribution in [0, 0.1) is 0 Å². The molecule has 3 aromatic rings. The fourth-order valence-electron chi connectivity index (χ4n) is 3.89. The van der Waals surface area contributed by atoms with Crippen LogP contribution in [0.1, 0.15) is 29.6 Å². The van der Waals surface area contributed by atoms with E-state index in [9.17, 15) is 4.79 Å². The molecule has 2 aliphatic heterocycles. The van der Waals surface area contributed by atoms with E-state index in [-0.39, 0.29) is 5.78 Å². The molecule has 1 spiro atoms. The molecule has 0 amide bonds. The van der Waals surface area contributed by atoms with Crippen molar-refractivity contribution in [3.8, 4) is 5.75 Å². The van der Waals surface area contributed by atoms with Gasteiger partial charge >= 0.3 is 0 Å². The first kappa shape index (κ1) is 16.9. The molecule has 0 atom stereocenters. The third-order valence-electron chi connectivity index (χ3n) is 5.34. The second-order valence-corrected chi connectivity index (χ2v) is 7.94. The number of halogens is 2. The van der Waals surface area contributed by atoms with Crippen LogP contribution in [0.3, 0.4) is 0 Å². The van der Waals surface area contributed by atoms with Crippen molar-refractivity contribution in [2.24, 2.45) is 0 Å². The molecule has 1 aromatic heterocycles. The zero-order valence-corrected chi connectivity index (χ0v) is 15.9. The van der Waals surface area contributed by atoms with Crippen molar-refractivity contribution >= 4 is 46.1 Å². The number of nitrogens with zero attached hydrogens (tertiary/aromatic N) is 2. The van der Waals surface area contributed by atoms with Crippen LogP contribution in [-0.2, 0) is 0 Å². The van der Waals surface area contributed by atoms with Gasteiger partial charge in [-0.15, -0.1) is 0 Å². The summed E-state index contributed by atoms with van der Waals surface area (Å²) in [6, 6.07) is 11.6. The lowest BCUT2D eigenvalue weighted by molar-refractivity contribution is 0.0227. The minimum absolute atomic E-state index is 0.0240. The number of piperidine rings is 1. The van der Waals surface area contributed by atoms with E-state index in [1.54, 1.807) is 12.1 Å². The van der Waals surface area contributed by atoms with Crippen molar-refractivity contribution in [3.05, 3.63) is 52.0 Å². The van der Waals surface area contributed by atoms with Gasteiger partial charge in [0.1, 0.15) is 16.9 Å². The number of rotatable bonds is 1. The standard InChI is InChI=1S/C20H16Cl2N2O3/c21-12-9-13-16(25)11-20(27-18(13)14(22)10-12)5-7-24(8-6-20)19-23-15-3-1-2-4-17(15)26-19/h1-4,9-10H,5-8,11H2. The number of para-hydroxylation sites is 2. The first-order valence-corrected chi connectivity index (χ1v) is 9.60. The summed E-state index contributed by atoms with van der Waals surface area (Å²) >= 11 is 12.3. The maximum atomic E-state index is 12.7. The van der Waals surface area contributed by atoms with Gasteiger partial charge in [-0.1, -0.05) is 35.3 Å². The first-order chi connectivity index (χ1) is 13.0. The number of aromatic nitrogens is 1. The van der Waals surface area contributed by atoms with E-state index >= 15 is 0 Å². The number of hydrogen-bond acceptors (Lipinski definition) is 5. The third kappa shape index (κ3) is 2.86. The van der Waals surface area contributed by atoms with Gasteiger partial charge in [-0.05, 0) is 24.3 Å². The minimum atomic E-state index is -0.538. The SMILES string of the molecule is O=C1CC2(CCN(c3nc4ccccc4o3)CC2)Oc2c(Cl)cc(Cl)cc21. The number of carbonyl (C=O) groups excluding carboxylic acids is 1. The van der Waals surface area contributed by atoms with Gasteiger partial charge in [-0.2, -0.15) is 4.98 Å². The Kier molecular flexibility index (Phi) is 3.85. The molecule has 0 radical (unpaired) electrons. The Morgan fingerprint density at radius 2 is 1.89 bits per heavy atom. The van der Waals surface area contributed by atoms with Crippen LogP contribution in [0.5, 0.6) is 5.75 Å². The molecule has 2 aliphatic rings. The zero-order valence-electron chi connectivity index (χ0n) is 14.4. The van der Waals surface area contributed by atoms with Crippen molar-refractivity contribution in [2.75, 3.05) is 18.0 Å². The Hall–Kier alpha value is -2.24. The summed E-state index contributed by atoms with van der Waals surface area (Å²) in [6.07, 6.45) is 1.71. The highest BCUT2D eigenvalue weighted by Gasteiger charge is 2.44. The fourth-order valence-corrected chi connectivity index (χ4v) is 4.42. The van der Waals surface area contributed by atoms with Crippen molar-refractivity contribution in [2.45, 2.75) is 24.9 Å². The minimum Gasteiger partial charge on any atom is -0.484 e. The molecule has 2 aromatic carbocycles. The summed E-state index contributed by atoms with van der Waals surface area (Å²) in [5.74, 6) is 0.476. The second-order valence-electron chi connectivity index (χ2n) is 7.10. The van der Waals surface area contributed by atoms with Crippen LogP contribution in [0.25, 0.3) is 11.1 Å². The molecular weight excluding hydrogens is 387 g/mol. The highest BCUT2D eigenvalue weighted by molar-refractivity contribution is 6.36. The smallest absolute Gasteiger partial charge is 0.298 e. The number of ketones is 1.